The Morgan fingerprint density at radius 2 is 1.35 bits per heavy atom. The number of nitrogens with zero attached hydrogens (tertiary/aromatic N) is 3. The number of nitrogens with one attached hydrogen (secondary N) is 3. The van der Waals surface area contributed by atoms with E-state index in [2.05, 4.69) is 16.0 Å². The number of alkyl carbamates (subject to hydrolysis) is 1. The van der Waals surface area contributed by atoms with Crippen molar-refractivity contribution in [3.05, 3.63) is 149 Å². The molecular weight excluding hydrogens is 1110 g/mol. The Balaban J connectivity index is 0.980. The van der Waals surface area contributed by atoms with E-state index in [1.165, 1.54) is 18.2 Å². The van der Waals surface area contributed by atoms with Gasteiger partial charge in [-0.05, 0) is 84.3 Å². The van der Waals surface area contributed by atoms with Crippen LogP contribution >= 0.6 is 0 Å². The molecule has 5 atom stereocenters. The Bertz CT molecular complexity index is 3630. The molecule has 1 saturated heterocycles. The van der Waals surface area contributed by atoms with Gasteiger partial charge in [0, 0.05) is 51.6 Å². The minimum Gasteiger partial charge on any atom is -0.467 e. The second-order valence-corrected chi connectivity index (χ2v) is 21.1. The molecule has 7 aromatic rings. The lowest BCUT2D eigenvalue weighted by molar-refractivity contribution is -0.282. The van der Waals surface area contributed by atoms with E-state index in [9.17, 15) is 38.7 Å². The first-order chi connectivity index (χ1) is 41.3. The van der Waals surface area contributed by atoms with Crippen LogP contribution in [0.4, 0.5) is 21.1 Å². The number of carbonyl (C=O) groups excluding carboxylic acids is 7. The van der Waals surface area contributed by atoms with E-state index in [1.807, 2.05) is 109 Å². The second-order valence-electron chi connectivity index (χ2n) is 21.1. The highest BCUT2D eigenvalue weighted by atomic mass is 16.7. The summed E-state index contributed by atoms with van der Waals surface area (Å²) in [5.74, 6) is -4.29. The maximum atomic E-state index is 14.0. The van der Waals surface area contributed by atoms with E-state index < -0.39 is 84.9 Å². The first-order valence-electron chi connectivity index (χ1n) is 27.8. The van der Waals surface area contributed by atoms with Crippen LogP contribution in [0.5, 0.6) is 5.75 Å². The van der Waals surface area contributed by atoms with E-state index in [-0.39, 0.29) is 61.5 Å². The highest BCUT2D eigenvalue weighted by molar-refractivity contribution is 6.09. The Labute approximate surface area is 494 Å². The Morgan fingerprint density at radius 1 is 0.698 bits per heavy atom. The molecule has 1 aliphatic heterocycles. The van der Waals surface area contributed by atoms with E-state index in [1.54, 1.807) is 13.8 Å². The van der Waals surface area contributed by atoms with Gasteiger partial charge in [0.25, 0.3) is 0 Å². The van der Waals surface area contributed by atoms with Gasteiger partial charge in [0.2, 0.25) is 18.3 Å². The minimum absolute atomic E-state index is 0.0378. The zero-order valence-corrected chi connectivity index (χ0v) is 48.4. The number of benzene rings is 5. The summed E-state index contributed by atoms with van der Waals surface area (Å²) in [4.78, 5) is 102. The third-order valence-electron chi connectivity index (χ3n) is 14.0. The largest absolute Gasteiger partial charge is 0.467 e. The van der Waals surface area contributed by atoms with E-state index in [0.717, 1.165) is 61.3 Å². The predicted octanol–water partition coefficient (Wildman–Crippen LogP) is 8.17. The SMILES string of the molecule is CCOCc1nc2c(NC(=O)OCc3ccc(O[C@@H]4O[C@H](C(=O)OC)[C@@H](OC(C)=O)[C@H](OC(C)=O)[C@H]4OC(C)=O)c(NC(=O)CCNC(=O)OCC4c5ccccc5-c5ccccc54)c3)nc3cc(Cc4ccccc4)ccc3c2n1CC(C)(C)O. The molecule has 9 rings (SSSR count). The fourth-order valence-electron chi connectivity index (χ4n) is 10.5. The van der Waals surface area contributed by atoms with Gasteiger partial charge in [-0.25, -0.2) is 24.4 Å². The molecule has 0 spiro atoms. The van der Waals surface area contributed by atoms with Crippen LogP contribution in [-0.4, -0.2) is 125 Å². The van der Waals surface area contributed by atoms with Crippen LogP contribution in [0.3, 0.4) is 0 Å². The van der Waals surface area contributed by atoms with Gasteiger partial charge >= 0.3 is 36.1 Å². The molecule has 2 aliphatic rings. The second kappa shape index (κ2) is 27.1. The molecule has 23 nitrogen and oxygen atoms in total. The van der Waals surface area contributed by atoms with Crippen molar-refractivity contribution in [1.29, 1.82) is 0 Å². The number of hydrogen-bond donors (Lipinski definition) is 4. The maximum Gasteiger partial charge on any atom is 0.413 e. The summed E-state index contributed by atoms with van der Waals surface area (Å²) < 4.78 is 52.9. The van der Waals surface area contributed by atoms with Crippen LogP contribution in [0, 0.1) is 0 Å². The molecule has 0 radical (unpaired) electrons. The summed E-state index contributed by atoms with van der Waals surface area (Å²) in [6.45, 7) is 8.38. The zero-order valence-electron chi connectivity index (χ0n) is 48.4. The molecule has 450 valence electrons. The van der Waals surface area contributed by atoms with Crippen LogP contribution < -0.4 is 20.7 Å². The standard InChI is InChI=1S/C63H66N6O17/c1-8-79-33-50-67-52-53(69(50)34-63(5,6)77)45-24-22-39(28-38-16-10-9-11-17-38)29-47(45)66-58(52)68-62(76)80-31-40-23-25-49(85-60-57(84-37(4)72)55(83-36(3)71)54(82-35(2)70)56(86-60)59(74)78-7)48(30-40)65-51(73)26-27-64-61(75)81-32-46-43-20-14-12-18-41(43)42-19-13-15-21-44(42)46/h9-25,29-30,46,54-57,60,77H,8,26-28,31-34H2,1-7H3,(H,64,75)(H,65,73)(H,66,68,76)/t54-,55-,56-,57+,60+/m0/s1. The van der Waals surface area contributed by atoms with Crippen molar-refractivity contribution in [2.75, 3.05) is 37.5 Å². The summed E-state index contributed by atoms with van der Waals surface area (Å²) in [5, 5.41) is 20.0. The van der Waals surface area contributed by atoms with Crippen LogP contribution in [-0.2, 0) is 88.0 Å². The first-order valence-corrected chi connectivity index (χ1v) is 27.8. The van der Waals surface area contributed by atoms with E-state index >= 15 is 0 Å². The molecule has 2 aromatic heterocycles. The lowest BCUT2D eigenvalue weighted by atomic mass is 9.97. The number of ether oxygens (including phenoxy) is 9. The van der Waals surface area contributed by atoms with Crippen molar-refractivity contribution in [2.45, 2.75) is 116 Å². The van der Waals surface area contributed by atoms with Gasteiger partial charge in [-0.1, -0.05) is 97.1 Å². The van der Waals surface area contributed by atoms with Gasteiger partial charge < -0.3 is 62.9 Å². The van der Waals surface area contributed by atoms with Gasteiger partial charge in [0.15, 0.2) is 24.1 Å². The van der Waals surface area contributed by atoms with Gasteiger partial charge in [0.1, 0.15) is 36.9 Å². The third-order valence-corrected chi connectivity index (χ3v) is 14.0. The monoisotopic (exact) mass is 1180 g/mol. The number of fused-ring (bicyclic) bond motifs is 6. The minimum atomic E-state index is -1.82. The molecule has 1 aliphatic carbocycles. The summed E-state index contributed by atoms with van der Waals surface area (Å²) >= 11 is 0. The third kappa shape index (κ3) is 14.7. The lowest BCUT2D eigenvalue weighted by Gasteiger charge is -2.43. The van der Waals surface area contributed by atoms with Crippen LogP contribution in [0.1, 0.15) is 87.5 Å². The summed E-state index contributed by atoms with van der Waals surface area (Å²) in [6.07, 6.45) is -10.1. The molecule has 0 bridgehead atoms. The Kier molecular flexibility index (Phi) is 19.2. The molecule has 0 saturated carbocycles. The van der Waals surface area contributed by atoms with Crippen LogP contribution in [0.2, 0.25) is 0 Å². The fraction of sp³-hybridized carbons (Fsp3) is 0.349. The first kappa shape index (κ1) is 61.1. The highest BCUT2D eigenvalue weighted by Crippen LogP contribution is 2.45. The summed E-state index contributed by atoms with van der Waals surface area (Å²) in [6, 6.07) is 35.8. The molecule has 86 heavy (non-hydrogen) atoms. The maximum absolute atomic E-state index is 14.0. The van der Waals surface area contributed by atoms with E-state index in [4.69, 9.17) is 52.6 Å². The van der Waals surface area contributed by atoms with Crippen molar-refractivity contribution in [3.8, 4) is 16.9 Å². The highest BCUT2D eigenvalue weighted by Gasteiger charge is 2.56. The van der Waals surface area contributed by atoms with Crippen molar-refractivity contribution < 1.29 is 81.3 Å². The number of aromatic nitrogens is 3. The number of amides is 3. The number of hydrogen-bond acceptors (Lipinski definition) is 19. The van der Waals surface area contributed by atoms with Crippen molar-refractivity contribution in [1.82, 2.24) is 19.9 Å². The number of aliphatic hydroxyl groups is 1. The van der Waals surface area contributed by atoms with Crippen molar-refractivity contribution in [2.24, 2.45) is 0 Å². The van der Waals surface area contributed by atoms with Gasteiger partial charge in [-0.15, -0.1) is 0 Å². The number of carbonyl (C=O) groups is 7. The van der Waals surface area contributed by atoms with E-state index in [0.29, 0.717) is 40.8 Å². The molecule has 1 fully saturated rings. The number of methoxy groups -OCH3 is 1. The molecule has 0 unspecified atom stereocenters. The van der Waals surface area contributed by atoms with Crippen LogP contribution in [0.15, 0.2) is 115 Å². The van der Waals surface area contributed by atoms with Gasteiger partial charge in [-0.3, -0.25) is 24.5 Å². The molecule has 3 amide bonds. The number of anilines is 2. The number of rotatable bonds is 22. The summed E-state index contributed by atoms with van der Waals surface area (Å²) in [7, 11) is 1.04. The Hall–Kier alpha value is -9.45. The average Bonchev–Trinajstić information content (AvgIpc) is 1.62. The number of esters is 4. The topological polar surface area (TPSA) is 290 Å². The summed E-state index contributed by atoms with van der Waals surface area (Å²) in [5.41, 5.74) is 6.64. The molecule has 4 N–H and O–H groups in total. The zero-order chi connectivity index (χ0) is 61.2. The van der Waals surface area contributed by atoms with Crippen LogP contribution in [0.25, 0.3) is 33.1 Å². The number of pyridine rings is 1. The quantitative estimate of drug-likeness (QED) is 0.0367. The fourth-order valence-corrected chi connectivity index (χ4v) is 10.5. The predicted molar refractivity (Wildman–Crippen MR) is 310 cm³/mol. The van der Waals surface area contributed by atoms with Gasteiger partial charge in [-0.2, -0.15) is 0 Å². The lowest BCUT2D eigenvalue weighted by Crippen LogP contribution is -2.64. The Morgan fingerprint density at radius 3 is 2.01 bits per heavy atom. The van der Waals surface area contributed by atoms with Crippen molar-refractivity contribution >= 4 is 75.4 Å². The molecule has 23 heteroatoms. The van der Waals surface area contributed by atoms with Gasteiger partial charge in [0.05, 0.1) is 36.0 Å². The number of imidazole rings is 1. The average molecular weight is 1180 g/mol. The molecular formula is C63H66N6O17. The normalized spacial score (nSPS) is 17.1. The molecule has 3 heterocycles. The van der Waals surface area contributed by atoms with Crippen molar-refractivity contribution in [3.63, 3.8) is 0 Å². The smallest absolute Gasteiger partial charge is 0.413 e. The molecule has 5 aromatic carbocycles.